The van der Waals surface area contributed by atoms with E-state index in [-0.39, 0.29) is 0 Å². The Hall–Kier alpha value is -1.98. The molecular weight excluding hydrogens is 334 g/mol. The summed E-state index contributed by atoms with van der Waals surface area (Å²) in [6.45, 7) is 7.75. The third kappa shape index (κ3) is 3.23. The Bertz CT molecular complexity index is 800. The van der Waals surface area contributed by atoms with Crippen LogP contribution in [0.15, 0.2) is 30.3 Å². The Morgan fingerprint density at radius 1 is 1.07 bits per heavy atom. The summed E-state index contributed by atoms with van der Waals surface area (Å²) in [5, 5.41) is 3.47. The highest BCUT2D eigenvalue weighted by Crippen LogP contribution is 2.32. The summed E-state index contributed by atoms with van der Waals surface area (Å²) in [7, 11) is 0. The highest BCUT2D eigenvalue weighted by atomic mass is 15.3. The van der Waals surface area contributed by atoms with Crippen LogP contribution in [0.5, 0.6) is 0 Å². The fourth-order valence-electron chi connectivity index (χ4n) is 4.82. The predicted octanol–water partition coefficient (Wildman–Crippen LogP) is 2.85. The second-order valence-electron chi connectivity index (χ2n) is 8.23. The zero-order valence-corrected chi connectivity index (χ0v) is 16.2. The van der Waals surface area contributed by atoms with Gasteiger partial charge in [-0.3, -0.25) is 4.90 Å². The first-order valence-corrected chi connectivity index (χ1v) is 10.5. The molecule has 0 aliphatic carbocycles. The summed E-state index contributed by atoms with van der Waals surface area (Å²) in [5.74, 6) is 2.05. The number of hydrogen-bond donors (Lipinski definition) is 1. The molecule has 2 saturated heterocycles. The minimum absolute atomic E-state index is 0.688. The second kappa shape index (κ2) is 7.21. The molecule has 142 valence electrons. The van der Waals surface area contributed by atoms with Gasteiger partial charge in [0.25, 0.3) is 0 Å². The van der Waals surface area contributed by atoms with Crippen molar-refractivity contribution in [3.63, 3.8) is 0 Å². The molecule has 5 nitrogen and oxygen atoms in total. The number of anilines is 1. The van der Waals surface area contributed by atoms with Crippen LogP contribution < -0.4 is 10.2 Å². The van der Waals surface area contributed by atoms with E-state index in [0.29, 0.717) is 6.04 Å². The van der Waals surface area contributed by atoms with Crippen LogP contribution in [0.25, 0.3) is 11.4 Å². The van der Waals surface area contributed by atoms with E-state index in [9.17, 15) is 0 Å². The van der Waals surface area contributed by atoms with Gasteiger partial charge in [-0.2, -0.15) is 0 Å². The van der Waals surface area contributed by atoms with Crippen LogP contribution in [-0.4, -0.2) is 53.1 Å². The predicted molar refractivity (Wildman–Crippen MR) is 109 cm³/mol. The molecule has 3 aliphatic rings. The van der Waals surface area contributed by atoms with Gasteiger partial charge in [0.15, 0.2) is 5.82 Å². The highest BCUT2D eigenvalue weighted by Gasteiger charge is 2.37. The molecule has 1 aromatic heterocycles. The van der Waals surface area contributed by atoms with E-state index < -0.39 is 0 Å². The van der Waals surface area contributed by atoms with E-state index in [1.54, 1.807) is 0 Å². The lowest BCUT2D eigenvalue weighted by atomic mass is 9.96. The van der Waals surface area contributed by atoms with Crippen LogP contribution in [0, 0.1) is 0 Å². The van der Waals surface area contributed by atoms with Crippen LogP contribution in [-0.2, 0) is 13.0 Å². The summed E-state index contributed by atoms with van der Waals surface area (Å²) >= 11 is 0. The van der Waals surface area contributed by atoms with Gasteiger partial charge in [0, 0.05) is 42.8 Å². The fourth-order valence-corrected chi connectivity index (χ4v) is 4.82. The quantitative estimate of drug-likeness (QED) is 0.908. The van der Waals surface area contributed by atoms with E-state index in [0.717, 1.165) is 50.0 Å². The van der Waals surface area contributed by atoms with Gasteiger partial charge in [-0.05, 0) is 39.3 Å². The second-order valence-corrected chi connectivity index (χ2v) is 8.23. The Balaban J connectivity index is 1.42. The minimum atomic E-state index is 0.688. The van der Waals surface area contributed by atoms with Crippen molar-refractivity contribution in [2.24, 2.45) is 0 Å². The number of piperidine rings is 1. The SMILES string of the molecule is C[C@@H]1CCCCN1C1CN(c2nc(-c3ccccc3)nc3c2CCNC3)C1. The molecule has 3 aliphatic heterocycles. The van der Waals surface area contributed by atoms with Crippen molar-refractivity contribution in [1.82, 2.24) is 20.2 Å². The molecule has 5 rings (SSSR count). The first-order valence-electron chi connectivity index (χ1n) is 10.5. The maximum absolute atomic E-state index is 5.05. The van der Waals surface area contributed by atoms with Gasteiger partial charge in [-0.25, -0.2) is 9.97 Å². The summed E-state index contributed by atoms with van der Waals surface area (Å²) < 4.78 is 0. The normalized spacial score (nSPS) is 23.7. The molecule has 0 spiro atoms. The molecule has 2 aromatic rings. The van der Waals surface area contributed by atoms with Crippen LogP contribution in [0.2, 0.25) is 0 Å². The van der Waals surface area contributed by atoms with Crippen LogP contribution in [0.4, 0.5) is 5.82 Å². The standard InChI is InChI=1S/C22H29N5/c1-16-7-5-6-12-27(16)18-14-26(15-18)22-19-10-11-23-13-20(19)24-21(25-22)17-8-3-2-4-9-17/h2-4,8-9,16,18,23H,5-7,10-15H2,1H3/t16-/m1/s1. The van der Waals surface area contributed by atoms with Crippen molar-refractivity contribution in [2.75, 3.05) is 31.1 Å². The van der Waals surface area contributed by atoms with E-state index in [1.807, 2.05) is 6.07 Å². The molecule has 1 aromatic carbocycles. The van der Waals surface area contributed by atoms with Gasteiger partial charge in [0.05, 0.1) is 5.69 Å². The molecule has 0 radical (unpaired) electrons. The van der Waals surface area contributed by atoms with Gasteiger partial charge in [-0.15, -0.1) is 0 Å². The molecule has 27 heavy (non-hydrogen) atoms. The van der Waals surface area contributed by atoms with Crippen molar-refractivity contribution in [1.29, 1.82) is 0 Å². The molecule has 0 bridgehead atoms. The zero-order chi connectivity index (χ0) is 18.2. The summed E-state index contributed by atoms with van der Waals surface area (Å²) in [6.07, 6.45) is 5.12. The van der Waals surface area contributed by atoms with Crippen LogP contribution >= 0.6 is 0 Å². The van der Waals surface area contributed by atoms with Crippen molar-refractivity contribution in [2.45, 2.75) is 51.2 Å². The van der Waals surface area contributed by atoms with Gasteiger partial charge in [-0.1, -0.05) is 36.8 Å². The maximum Gasteiger partial charge on any atom is 0.161 e. The van der Waals surface area contributed by atoms with E-state index >= 15 is 0 Å². The number of benzene rings is 1. The number of rotatable bonds is 3. The topological polar surface area (TPSA) is 44.3 Å². The monoisotopic (exact) mass is 363 g/mol. The average molecular weight is 364 g/mol. The number of hydrogen-bond acceptors (Lipinski definition) is 5. The summed E-state index contributed by atoms with van der Waals surface area (Å²) in [4.78, 5) is 15.2. The van der Waals surface area contributed by atoms with Gasteiger partial charge in [0.2, 0.25) is 0 Å². The van der Waals surface area contributed by atoms with E-state index in [4.69, 9.17) is 9.97 Å². The smallest absolute Gasteiger partial charge is 0.161 e. The molecule has 2 fully saturated rings. The van der Waals surface area contributed by atoms with E-state index in [1.165, 1.54) is 42.9 Å². The number of likely N-dealkylation sites (tertiary alicyclic amines) is 1. The van der Waals surface area contributed by atoms with Crippen molar-refractivity contribution >= 4 is 5.82 Å². The summed E-state index contributed by atoms with van der Waals surface area (Å²) in [5.41, 5.74) is 3.65. The molecule has 0 unspecified atom stereocenters. The largest absolute Gasteiger partial charge is 0.353 e. The number of aromatic nitrogens is 2. The van der Waals surface area contributed by atoms with Crippen LogP contribution in [0.3, 0.4) is 0 Å². The van der Waals surface area contributed by atoms with E-state index in [2.05, 4.69) is 46.3 Å². The highest BCUT2D eigenvalue weighted by molar-refractivity contribution is 5.62. The summed E-state index contributed by atoms with van der Waals surface area (Å²) in [6, 6.07) is 11.8. The minimum Gasteiger partial charge on any atom is -0.353 e. The van der Waals surface area contributed by atoms with Gasteiger partial charge < -0.3 is 10.2 Å². The zero-order valence-electron chi connectivity index (χ0n) is 16.2. The van der Waals surface area contributed by atoms with Crippen molar-refractivity contribution < 1.29 is 0 Å². The molecule has 4 heterocycles. The molecule has 1 atom stereocenters. The average Bonchev–Trinajstić information content (AvgIpc) is 2.69. The van der Waals surface area contributed by atoms with Crippen molar-refractivity contribution in [3.8, 4) is 11.4 Å². The molecule has 1 N–H and O–H groups in total. The molecule has 5 heteroatoms. The lowest BCUT2D eigenvalue weighted by Gasteiger charge is -2.50. The maximum atomic E-state index is 5.05. The molecular formula is C22H29N5. The van der Waals surface area contributed by atoms with Gasteiger partial charge >= 0.3 is 0 Å². The van der Waals surface area contributed by atoms with Gasteiger partial charge in [0.1, 0.15) is 5.82 Å². The fraction of sp³-hybridized carbons (Fsp3) is 0.545. The lowest BCUT2D eigenvalue weighted by molar-refractivity contribution is 0.0872. The number of fused-ring (bicyclic) bond motifs is 1. The Morgan fingerprint density at radius 2 is 1.93 bits per heavy atom. The van der Waals surface area contributed by atoms with Crippen molar-refractivity contribution in [3.05, 3.63) is 41.6 Å². The molecule has 0 amide bonds. The number of nitrogens with one attached hydrogen (secondary N) is 1. The Morgan fingerprint density at radius 3 is 2.74 bits per heavy atom. The molecule has 0 saturated carbocycles. The first kappa shape index (κ1) is 17.1. The Labute approximate surface area is 161 Å². The first-order chi connectivity index (χ1) is 13.3. The number of nitrogens with zero attached hydrogens (tertiary/aromatic N) is 4. The Kier molecular flexibility index (Phi) is 4.58. The third-order valence-electron chi connectivity index (χ3n) is 6.43. The third-order valence-corrected chi connectivity index (χ3v) is 6.43. The van der Waals surface area contributed by atoms with Crippen LogP contribution in [0.1, 0.15) is 37.4 Å². The lowest BCUT2D eigenvalue weighted by Crippen LogP contribution is -2.62.